The van der Waals surface area contributed by atoms with Crippen LogP contribution in [0.5, 0.6) is 0 Å². The summed E-state index contributed by atoms with van der Waals surface area (Å²) in [5.74, 6) is 0.264. The Morgan fingerprint density at radius 1 is 1.55 bits per heavy atom. The molecular formula is C9H18O2. The van der Waals surface area contributed by atoms with Gasteiger partial charge in [0.2, 0.25) is 0 Å². The Morgan fingerprint density at radius 3 is 2.18 bits per heavy atom. The lowest BCUT2D eigenvalue weighted by atomic mass is 9.56. The molecule has 2 heteroatoms. The topological polar surface area (TPSA) is 40.5 Å². The van der Waals surface area contributed by atoms with E-state index in [-0.39, 0.29) is 17.9 Å². The Kier molecular flexibility index (Phi) is 2.01. The highest BCUT2D eigenvalue weighted by molar-refractivity contribution is 4.99. The molecule has 0 amide bonds. The molecule has 2 nitrogen and oxygen atoms in total. The summed E-state index contributed by atoms with van der Waals surface area (Å²) in [6.07, 6.45) is 2.08. The van der Waals surface area contributed by atoms with Gasteiger partial charge in [0.15, 0.2) is 0 Å². The van der Waals surface area contributed by atoms with Crippen molar-refractivity contribution >= 4 is 0 Å². The Labute approximate surface area is 68.2 Å². The number of hydrogen-bond acceptors (Lipinski definition) is 2. The molecule has 2 N–H and O–H groups in total. The van der Waals surface area contributed by atoms with E-state index in [0.717, 1.165) is 12.8 Å². The zero-order valence-electron chi connectivity index (χ0n) is 7.59. The molecule has 11 heavy (non-hydrogen) atoms. The van der Waals surface area contributed by atoms with Crippen LogP contribution in [0, 0.1) is 11.3 Å². The van der Waals surface area contributed by atoms with E-state index in [2.05, 4.69) is 0 Å². The van der Waals surface area contributed by atoms with E-state index in [1.165, 1.54) is 0 Å². The Hall–Kier alpha value is -0.0800. The molecule has 1 fully saturated rings. The van der Waals surface area contributed by atoms with Crippen LogP contribution in [-0.2, 0) is 0 Å². The Morgan fingerprint density at radius 2 is 2.09 bits per heavy atom. The van der Waals surface area contributed by atoms with E-state index in [1.807, 2.05) is 20.8 Å². The van der Waals surface area contributed by atoms with E-state index in [4.69, 9.17) is 5.11 Å². The second kappa shape index (κ2) is 2.46. The third kappa shape index (κ3) is 1.42. The third-order valence-corrected chi connectivity index (χ3v) is 3.06. The first-order valence-corrected chi connectivity index (χ1v) is 4.23. The molecule has 1 saturated carbocycles. The zero-order chi connectivity index (χ0) is 8.70. The molecule has 1 rings (SSSR count). The first-order chi connectivity index (χ1) is 4.90. The number of hydrogen-bond donors (Lipinski definition) is 2. The van der Waals surface area contributed by atoms with Gasteiger partial charge in [-0.15, -0.1) is 0 Å². The maximum absolute atomic E-state index is 9.69. The summed E-state index contributed by atoms with van der Waals surface area (Å²) in [5, 5.41) is 18.8. The third-order valence-electron chi connectivity index (χ3n) is 3.06. The van der Waals surface area contributed by atoms with Crippen LogP contribution < -0.4 is 0 Å². The van der Waals surface area contributed by atoms with Gasteiger partial charge < -0.3 is 10.2 Å². The van der Waals surface area contributed by atoms with Gasteiger partial charge >= 0.3 is 0 Å². The van der Waals surface area contributed by atoms with E-state index >= 15 is 0 Å². The van der Waals surface area contributed by atoms with Gasteiger partial charge in [-0.3, -0.25) is 0 Å². The molecule has 0 aromatic rings. The molecule has 0 heterocycles. The van der Waals surface area contributed by atoms with Gasteiger partial charge in [0.05, 0.1) is 5.60 Å². The highest BCUT2D eigenvalue weighted by Crippen LogP contribution is 2.51. The quantitative estimate of drug-likeness (QED) is 0.633. The highest BCUT2D eigenvalue weighted by atomic mass is 16.3. The minimum absolute atomic E-state index is 0.0295. The average Bonchev–Trinajstić information content (AvgIpc) is 1.80. The highest BCUT2D eigenvalue weighted by Gasteiger charge is 2.49. The summed E-state index contributed by atoms with van der Waals surface area (Å²) in [7, 11) is 0. The van der Waals surface area contributed by atoms with Crippen LogP contribution in [-0.4, -0.2) is 22.4 Å². The van der Waals surface area contributed by atoms with Crippen LogP contribution in [0.25, 0.3) is 0 Å². The zero-order valence-corrected chi connectivity index (χ0v) is 7.59. The van der Waals surface area contributed by atoms with Crippen molar-refractivity contribution in [2.24, 2.45) is 11.3 Å². The van der Waals surface area contributed by atoms with Crippen molar-refractivity contribution in [3.05, 3.63) is 0 Å². The standard InChI is InChI=1S/C9H18O2/c1-8(2,11)7-4-5-9(7,3)6-10/h7,10-11H,4-6H2,1-3H3/t7-,9+/m0/s1. The molecule has 1 aliphatic carbocycles. The summed E-state index contributed by atoms with van der Waals surface area (Å²) in [6, 6.07) is 0. The van der Waals surface area contributed by atoms with Crippen molar-refractivity contribution in [3.8, 4) is 0 Å². The molecule has 0 aliphatic heterocycles. The summed E-state index contributed by atoms with van der Waals surface area (Å²) in [5.41, 5.74) is -0.659. The molecule has 66 valence electrons. The fourth-order valence-corrected chi connectivity index (χ4v) is 2.18. The van der Waals surface area contributed by atoms with Crippen molar-refractivity contribution in [3.63, 3.8) is 0 Å². The van der Waals surface area contributed by atoms with Crippen LogP contribution in [0.1, 0.15) is 33.6 Å². The van der Waals surface area contributed by atoms with Crippen LogP contribution >= 0.6 is 0 Å². The molecular weight excluding hydrogens is 140 g/mol. The minimum Gasteiger partial charge on any atom is -0.396 e. The van der Waals surface area contributed by atoms with Crippen LogP contribution in [0.2, 0.25) is 0 Å². The second-order valence-electron chi connectivity index (χ2n) is 4.56. The summed E-state index contributed by atoms with van der Waals surface area (Å²) in [4.78, 5) is 0. The average molecular weight is 158 g/mol. The van der Waals surface area contributed by atoms with E-state index in [1.54, 1.807) is 0 Å². The second-order valence-corrected chi connectivity index (χ2v) is 4.56. The first-order valence-electron chi connectivity index (χ1n) is 4.23. The van der Waals surface area contributed by atoms with Crippen molar-refractivity contribution in [2.75, 3.05) is 6.61 Å². The van der Waals surface area contributed by atoms with Gasteiger partial charge in [-0.05, 0) is 38.0 Å². The van der Waals surface area contributed by atoms with Gasteiger partial charge in [0.25, 0.3) is 0 Å². The first kappa shape index (κ1) is 9.01. The van der Waals surface area contributed by atoms with Crippen molar-refractivity contribution in [1.82, 2.24) is 0 Å². The predicted octanol–water partition coefficient (Wildman–Crippen LogP) is 1.17. The van der Waals surface area contributed by atoms with Crippen molar-refractivity contribution in [1.29, 1.82) is 0 Å². The molecule has 1 aliphatic rings. The van der Waals surface area contributed by atoms with E-state index in [9.17, 15) is 5.11 Å². The molecule has 0 aromatic heterocycles. The normalized spacial score (nSPS) is 38.5. The van der Waals surface area contributed by atoms with E-state index < -0.39 is 5.60 Å². The SMILES string of the molecule is CC(C)(O)[C@@H]1CC[C@]1(C)CO. The fraction of sp³-hybridized carbons (Fsp3) is 1.00. The number of rotatable bonds is 2. The van der Waals surface area contributed by atoms with Gasteiger partial charge in [0.1, 0.15) is 0 Å². The lowest BCUT2D eigenvalue weighted by Crippen LogP contribution is -2.51. The van der Waals surface area contributed by atoms with Gasteiger partial charge in [-0.1, -0.05) is 6.92 Å². The van der Waals surface area contributed by atoms with Gasteiger partial charge in [0, 0.05) is 6.61 Å². The Balaban J connectivity index is 2.63. The molecule has 2 atom stereocenters. The van der Waals surface area contributed by atoms with Gasteiger partial charge in [-0.2, -0.15) is 0 Å². The smallest absolute Gasteiger partial charge is 0.0625 e. The number of aliphatic hydroxyl groups excluding tert-OH is 1. The fourth-order valence-electron chi connectivity index (χ4n) is 2.18. The summed E-state index contributed by atoms with van der Waals surface area (Å²) < 4.78 is 0. The molecule has 0 spiro atoms. The monoisotopic (exact) mass is 158 g/mol. The minimum atomic E-state index is -0.629. The van der Waals surface area contributed by atoms with Crippen molar-refractivity contribution < 1.29 is 10.2 Å². The molecule has 0 unspecified atom stereocenters. The maximum Gasteiger partial charge on any atom is 0.0625 e. The predicted molar refractivity (Wildman–Crippen MR) is 44.2 cm³/mol. The molecule has 0 bridgehead atoms. The van der Waals surface area contributed by atoms with Crippen molar-refractivity contribution in [2.45, 2.75) is 39.2 Å². The molecule has 0 saturated heterocycles. The van der Waals surface area contributed by atoms with E-state index in [0.29, 0.717) is 0 Å². The largest absolute Gasteiger partial charge is 0.396 e. The Bertz CT molecular complexity index is 144. The number of aliphatic hydroxyl groups is 2. The maximum atomic E-state index is 9.69. The lowest BCUT2D eigenvalue weighted by molar-refractivity contribution is -0.124. The summed E-state index contributed by atoms with van der Waals surface area (Å²) >= 11 is 0. The van der Waals surface area contributed by atoms with Crippen LogP contribution in [0.15, 0.2) is 0 Å². The van der Waals surface area contributed by atoms with Crippen LogP contribution in [0.4, 0.5) is 0 Å². The lowest BCUT2D eigenvalue weighted by Gasteiger charge is -2.51. The van der Waals surface area contributed by atoms with Crippen LogP contribution in [0.3, 0.4) is 0 Å². The molecule has 0 aromatic carbocycles. The summed E-state index contributed by atoms with van der Waals surface area (Å²) in [6.45, 7) is 5.89. The van der Waals surface area contributed by atoms with Gasteiger partial charge in [-0.25, -0.2) is 0 Å². The molecule has 0 radical (unpaired) electrons.